The summed E-state index contributed by atoms with van der Waals surface area (Å²) in [6, 6.07) is 7.62. The molecule has 1 aliphatic rings. The lowest BCUT2D eigenvalue weighted by atomic mass is 10.1. The SMILES string of the molecule is C=C1COC(C)(c2ccc(OC)cc2)O1. The van der Waals surface area contributed by atoms with Crippen molar-refractivity contribution in [1.29, 1.82) is 0 Å². The predicted octanol–water partition coefficient (Wildman–Crippen LogP) is 2.43. The monoisotopic (exact) mass is 206 g/mol. The summed E-state index contributed by atoms with van der Waals surface area (Å²) < 4.78 is 16.2. The van der Waals surface area contributed by atoms with E-state index in [0.717, 1.165) is 11.3 Å². The Kier molecular flexibility index (Phi) is 2.40. The molecule has 1 aromatic rings. The van der Waals surface area contributed by atoms with E-state index in [0.29, 0.717) is 12.4 Å². The number of benzene rings is 1. The van der Waals surface area contributed by atoms with E-state index in [1.807, 2.05) is 31.2 Å². The number of methoxy groups -OCH3 is 1. The Labute approximate surface area is 89.3 Å². The minimum atomic E-state index is -0.705. The van der Waals surface area contributed by atoms with Crippen LogP contribution in [0.4, 0.5) is 0 Å². The topological polar surface area (TPSA) is 27.7 Å². The zero-order valence-electron chi connectivity index (χ0n) is 8.95. The van der Waals surface area contributed by atoms with E-state index >= 15 is 0 Å². The van der Waals surface area contributed by atoms with Gasteiger partial charge in [-0.25, -0.2) is 0 Å². The summed E-state index contributed by atoms with van der Waals surface area (Å²) >= 11 is 0. The van der Waals surface area contributed by atoms with Gasteiger partial charge in [0.1, 0.15) is 18.1 Å². The van der Waals surface area contributed by atoms with Crippen molar-refractivity contribution in [2.24, 2.45) is 0 Å². The summed E-state index contributed by atoms with van der Waals surface area (Å²) in [5, 5.41) is 0. The number of hydrogen-bond acceptors (Lipinski definition) is 3. The quantitative estimate of drug-likeness (QED) is 0.743. The van der Waals surface area contributed by atoms with Gasteiger partial charge in [-0.1, -0.05) is 6.58 Å². The van der Waals surface area contributed by atoms with Crippen LogP contribution in [0.1, 0.15) is 12.5 Å². The molecule has 2 rings (SSSR count). The lowest BCUT2D eigenvalue weighted by molar-refractivity contribution is -0.140. The van der Waals surface area contributed by atoms with Gasteiger partial charge in [-0.15, -0.1) is 0 Å². The molecule has 0 saturated carbocycles. The zero-order valence-corrected chi connectivity index (χ0v) is 8.95. The molecule has 0 aliphatic carbocycles. The fraction of sp³-hybridized carbons (Fsp3) is 0.333. The summed E-state index contributed by atoms with van der Waals surface area (Å²) in [4.78, 5) is 0. The highest BCUT2D eigenvalue weighted by Crippen LogP contribution is 2.35. The van der Waals surface area contributed by atoms with Gasteiger partial charge in [0.25, 0.3) is 0 Å². The van der Waals surface area contributed by atoms with E-state index in [1.54, 1.807) is 7.11 Å². The molecule has 15 heavy (non-hydrogen) atoms. The number of ether oxygens (including phenoxy) is 3. The Morgan fingerprint density at radius 2 is 2.00 bits per heavy atom. The van der Waals surface area contributed by atoms with E-state index in [-0.39, 0.29) is 0 Å². The molecule has 1 unspecified atom stereocenters. The van der Waals surface area contributed by atoms with Crippen LogP contribution in [0.15, 0.2) is 36.6 Å². The second-order valence-corrected chi connectivity index (χ2v) is 3.60. The molecule has 1 atom stereocenters. The maximum absolute atomic E-state index is 5.55. The van der Waals surface area contributed by atoms with Gasteiger partial charge in [-0.2, -0.15) is 0 Å². The summed E-state index contributed by atoms with van der Waals surface area (Å²) in [5.41, 5.74) is 0.960. The lowest BCUT2D eigenvalue weighted by Gasteiger charge is -2.22. The van der Waals surface area contributed by atoms with Gasteiger partial charge in [0.15, 0.2) is 0 Å². The molecule has 0 amide bonds. The van der Waals surface area contributed by atoms with E-state index in [1.165, 1.54) is 0 Å². The smallest absolute Gasteiger partial charge is 0.234 e. The van der Waals surface area contributed by atoms with Crippen LogP contribution in [0.2, 0.25) is 0 Å². The van der Waals surface area contributed by atoms with Crippen LogP contribution >= 0.6 is 0 Å². The zero-order chi connectivity index (χ0) is 10.9. The molecular weight excluding hydrogens is 192 g/mol. The maximum atomic E-state index is 5.55. The van der Waals surface area contributed by atoms with Crippen LogP contribution in [0.25, 0.3) is 0 Å². The molecule has 1 aliphatic heterocycles. The fourth-order valence-electron chi connectivity index (χ4n) is 1.59. The molecule has 1 saturated heterocycles. The molecule has 0 radical (unpaired) electrons. The van der Waals surface area contributed by atoms with E-state index in [2.05, 4.69) is 6.58 Å². The fourth-order valence-corrected chi connectivity index (χ4v) is 1.59. The average molecular weight is 206 g/mol. The first kappa shape index (κ1) is 10.1. The third kappa shape index (κ3) is 1.83. The van der Waals surface area contributed by atoms with Crippen molar-refractivity contribution in [3.63, 3.8) is 0 Å². The van der Waals surface area contributed by atoms with Crippen LogP contribution in [0.3, 0.4) is 0 Å². The van der Waals surface area contributed by atoms with Crippen molar-refractivity contribution >= 4 is 0 Å². The molecule has 1 fully saturated rings. The van der Waals surface area contributed by atoms with E-state index in [4.69, 9.17) is 14.2 Å². The molecule has 0 spiro atoms. The van der Waals surface area contributed by atoms with Gasteiger partial charge in [0, 0.05) is 12.5 Å². The summed E-state index contributed by atoms with van der Waals surface area (Å²) in [6.45, 7) is 6.07. The van der Waals surface area contributed by atoms with Gasteiger partial charge >= 0.3 is 0 Å². The molecule has 3 heteroatoms. The Morgan fingerprint density at radius 1 is 1.33 bits per heavy atom. The average Bonchev–Trinajstić information content (AvgIpc) is 2.60. The molecule has 0 N–H and O–H groups in total. The first-order valence-electron chi connectivity index (χ1n) is 4.79. The molecule has 0 bridgehead atoms. The molecule has 1 aromatic carbocycles. The highest BCUT2D eigenvalue weighted by molar-refractivity contribution is 5.30. The van der Waals surface area contributed by atoms with Gasteiger partial charge in [0.2, 0.25) is 5.79 Å². The van der Waals surface area contributed by atoms with Crippen molar-refractivity contribution < 1.29 is 14.2 Å². The molecule has 80 valence electrons. The third-order valence-corrected chi connectivity index (χ3v) is 2.46. The summed E-state index contributed by atoms with van der Waals surface area (Å²) in [7, 11) is 1.64. The molecule has 1 heterocycles. The van der Waals surface area contributed by atoms with Crippen LogP contribution in [-0.2, 0) is 15.3 Å². The minimum absolute atomic E-state index is 0.447. The van der Waals surface area contributed by atoms with Crippen molar-refractivity contribution in [3.8, 4) is 5.75 Å². The number of hydrogen-bond donors (Lipinski definition) is 0. The van der Waals surface area contributed by atoms with Crippen LogP contribution < -0.4 is 4.74 Å². The maximum Gasteiger partial charge on any atom is 0.234 e. The second kappa shape index (κ2) is 3.59. The Bertz CT molecular complexity index is 369. The van der Waals surface area contributed by atoms with Crippen molar-refractivity contribution in [2.75, 3.05) is 13.7 Å². The van der Waals surface area contributed by atoms with E-state index < -0.39 is 5.79 Å². The van der Waals surface area contributed by atoms with Crippen LogP contribution in [0, 0.1) is 0 Å². The van der Waals surface area contributed by atoms with Crippen molar-refractivity contribution in [2.45, 2.75) is 12.7 Å². The van der Waals surface area contributed by atoms with Crippen LogP contribution in [0.5, 0.6) is 5.75 Å². The van der Waals surface area contributed by atoms with E-state index in [9.17, 15) is 0 Å². The van der Waals surface area contributed by atoms with Gasteiger partial charge < -0.3 is 14.2 Å². The van der Waals surface area contributed by atoms with Gasteiger partial charge in [-0.3, -0.25) is 0 Å². The largest absolute Gasteiger partial charge is 0.497 e. The van der Waals surface area contributed by atoms with Crippen molar-refractivity contribution in [3.05, 3.63) is 42.2 Å². The second-order valence-electron chi connectivity index (χ2n) is 3.60. The Balaban J connectivity index is 2.25. The normalized spacial score (nSPS) is 25.1. The predicted molar refractivity (Wildman–Crippen MR) is 56.5 cm³/mol. The molecule has 3 nitrogen and oxygen atoms in total. The first-order chi connectivity index (χ1) is 7.14. The summed E-state index contributed by atoms with van der Waals surface area (Å²) in [6.07, 6.45) is 0. The van der Waals surface area contributed by atoms with Gasteiger partial charge in [-0.05, 0) is 24.3 Å². The summed E-state index contributed by atoms with van der Waals surface area (Å²) in [5.74, 6) is 0.774. The van der Waals surface area contributed by atoms with Crippen LogP contribution in [-0.4, -0.2) is 13.7 Å². The molecule has 0 aromatic heterocycles. The standard InChI is InChI=1S/C12H14O3/c1-9-8-14-12(2,15-9)10-4-6-11(13-3)7-5-10/h4-7H,1,8H2,2-3H3. The third-order valence-electron chi connectivity index (χ3n) is 2.46. The Morgan fingerprint density at radius 3 is 2.47 bits per heavy atom. The Hall–Kier alpha value is -1.48. The minimum Gasteiger partial charge on any atom is -0.497 e. The lowest BCUT2D eigenvalue weighted by Crippen LogP contribution is -2.21. The molecular formula is C12H14O3. The highest BCUT2D eigenvalue weighted by atomic mass is 16.7. The highest BCUT2D eigenvalue weighted by Gasteiger charge is 2.35. The number of rotatable bonds is 2. The van der Waals surface area contributed by atoms with Crippen molar-refractivity contribution in [1.82, 2.24) is 0 Å². The van der Waals surface area contributed by atoms with Gasteiger partial charge in [0.05, 0.1) is 7.11 Å². The first-order valence-corrected chi connectivity index (χ1v) is 4.79.